The number of aryl methyl sites for hydroxylation is 1. The lowest BCUT2D eigenvalue weighted by Gasteiger charge is -2.58. The number of esters is 1. The minimum atomic E-state index is -1.23. The molecular weight excluding hydrogens is 454 g/mol. The molecule has 1 fully saturated rings. The first kappa shape index (κ1) is 25.2. The average molecular weight is 488 g/mol. The van der Waals surface area contributed by atoms with Gasteiger partial charge in [-0.2, -0.15) is 0 Å². The zero-order valence-electron chi connectivity index (χ0n) is 20.8. The molecule has 2 N–H and O–H groups in total. The number of ketones is 1. The Kier molecular flexibility index (Phi) is 6.44. The summed E-state index contributed by atoms with van der Waals surface area (Å²) in [5, 5.41) is 21.7. The van der Waals surface area contributed by atoms with Gasteiger partial charge in [0.05, 0.1) is 30.5 Å². The van der Waals surface area contributed by atoms with Gasteiger partial charge in [-0.05, 0) is 58.5 Å². The van der Waals surface area contributed by atoms with E-state index in [1.54, 1.807) is 13.2 Å². The molecule has 0 bridgehead atoms. The van der Waals surface area contributed by atoms with E-state index in [9.17, 15) is 24.6 Å². The smallest absolute Gasteiger partial charge is 0.311 e. The maximum absolute atomic E-state index is 12.8. The van der Waals surface area contributed by atoms with Crippen LogP contribution in [0.3, 0.4) is 0 Å². The number of hydrogen-bond acceptors (Lipinski definition) is 8. The zero-order chi connectivity index (χ0) is 25.7. The lowest BCUT2D eigenvalue weighted by Crippen LogP contribution is -2.71. The van der Waals surface area contributed by atoms with Crippen molar-refractivity contribution in [2.24, 2.45) is 5.92 Å². The second-order valence-electron chi connectivity index (χ2n) is 10.0. The third-order valence-electron chi connectivity index (χ3n) is 8.06. The number of aliphatic carboxylic acids is 1. The minimum absolute atomic E-state index is 0.209. The molecule has 1 saturated heterocycles. The van der Waals surface area contributed by atoms with Gasteiger partial charge in [-0.1, -0.05) is 6.07 Å². The highest BCUT2D eigenvalue weighted by Crippen LogP contribution is 2.62. The number of carbonyl (C=O) groups excluding carboxylic acids is 2. The van der Waals surface area contributed by atoms with E-state index in [-0.39, 0.29) is 30.4 Å². The van der Waals surface area contributed by atoms with Crippen LogP contribution in [0.1, 0.15) is 50.7 Å². The Bertz CT molecular complexity index is 1100. The second-order valence-corrected chi connectivity index (χ2v) is 10.0. The van der Waals surface area contributed by atoms with Crippen LogP contribution in [0.25, 0.3) is 0 Å². The largest absolute Gasteiger partial charge is 0.493 e. The van der Waals surface area contributed by atoms with Crippen LogP contribution < -0.4 is 9.47 Å². The average Bonchev–Trinajstić information content (AvgIpc) is 3.15. The van der Waals surface area contributed by atoms with Gasteiger partial charge in [0.15, 0.2) is 17.6 Å². The van der Waals surface area contributed by atoms with E-state index in [1.807, 2.05) is 33.0 Å². The van der Waals surface area contributed by atoms with Gasteiger partial charge in [-0.3, -0.25) is 9.59 Å². The van der Waals surface area contributed by atoms with Crippen molar-refractivity contribution in [1.29, 1.82) is 0 Å². The van der Waals surface area contributed by atoms with Crippen LogP contribution in [-0.2, 0) is 24.5 Å². The highest BCUT2D eigenvalue weighted by atomic mass is 16.6. The number of aliphatic hydroxyl groups is 1. The molecule has 9 heteroatoms. The molecule has 5 atom stereocenters. The van der Waals surface area contributed by atoms with Crippen LogP contribution in [-0.4, -0.2) is 71.3 Å². The van der Waals surface area contributed by atoms with Crippen molar-refractivity contribution in [3.05, 3.63) is 35.1 Å². The van der Waals surface area contributed by atoms with Gasteiger partial charge in [0, 0.05) is 24.4 Å². The van der Waals surface area contributed by atoms with E-state index in [2.05, 4.69) is 4.90 Å². The molecule has 0 amide bonds. The summed E-state index contributed by atoms with van der Waals surface area (Å²) in [4.78, 5) is 37.9. The van der Waals surface area contributed by atoms with E-state index in [0.717, 1.165) is 11.1 Å². The molecule has 3 aliphatic rings. The Morgan fingerprint density at radius 3 is 2.63 bits per heavy atom. The number of carboxylic acids is 1. The van der Waals surface area contributed by atoms with E-state index in [4.69, 9.17) is 14.2 Å². The third-order valence-corrected chi connectivity index (χ3v) is 8.06. The molecule has 0 radical (unpaired) electrons. The second kappa shape index (κ2) is 8.95. The maximum Gasteiger partial charge on any atom is 0.311 e. The van der Waals surface area contributed by atoms with Crippen LogP contribution >= 0.6 is 0 Å². The first-order chi connectivity index (χ1) is 16.5. The summed E-state index contributed by atoms with van der Waals surface area (Å²) in [5.74, 6) is -2.16. The van der Waals surface area contributed by atoms with Gasteiger partial charge < -0.3 is 34.1 Å². The predicted octanol–water partition coefficient (Wildman–Crippen LogP) is 2.36. The molecule has 4 rings (SSSR count). The van der Waals surface area contributed by atoms with Crippen LogP contribution in [0.2, 0.25) is 0 Å². The Balaban J connectivity index is 1.75. The molecule has 190 valence electrons. The SMILES string of the molecule is COc1ccc(C)c2c1O[C@H]1C(OC(=O)C[C@H](CC(C)=O)C(=O)O)=CC[C@@]3(O)[C@@H](C)N(C)CC[C@]213. The number of benzene rings is 1. The first-order valence-electron chi connectivity index (χ1n) is 11.9. The Hall–Kier alpha value is -2.91. The number of likely N-dealkylation sites (N-methyl/N-ethyl adjacent to an activating group) is 1. The number of methoxy groups -OCH3 is 1. The van der Waals surface area contributed by atoms with Crippen LogP contribution in [0.15, 0.2) is 24.0 Å². The van der Waals surface area contributed by atoms with Gasteiger partial charge >= 0.3 is 11.9 Å². The first-order valence-corrected chi connectivity index (χ1v) is 11.9. The van der Waals surface area contributed by atoms with E-state index in [1.165, 1.54) is 6.92 Å². The lowest BCUT2D eigenvalue weighted by molar-refractivity contribution is -0.163. The van der Waals surface area contributed by atoms with Crippen molar-refractivity contribution in [2.75, 3.05) is 20.7 Å². The Morgan fingerprint density at radius 1 is 1.29 bits per heavy atom. The normalized spacial score (nSPS) is 30.2. The number of rotatable bonds is 7. The molecular formula is C26H33NO8. The quantitative estimate of drug-likeness (QED) is 0.558. The highest BCUT2D eigenvalue weighted by Gasteiger charge is 2.69. The summed E-state index contributed by atoms with van der Waals surface area (Å²) in [6, 6.07) is 3.54. The number of piperidine rings is 1. The molecule has 2 aliphatic heterocycles. The number of likely N-dealkylation sites (tertiary alicyclic amines) is 1. The van der Waals surface area contributed by atoms with Crippen molar-refractivity contribution >= 4 is 17.7 Å². The summed E-state index contributed by atoms with van der Waals surface area (Å²) >= 11 is 0. The molecule has 1 spiro atoms. The number of ether oxygens (including phenoxy) is 3. The Labute approximate surface area is 204 Å². The minimum Gasteiger partial charge on any atom is -0.493 e. The number of carbonyl (C=O) groups is 3. The lowest BCUT2D eigenvalue weighted by atomic mass is 9.54. The molecule has 0 unspecified atom stereocenters. The Morgan fingerprint density at radius 2 is 2.00 bits per heavy atom. The molecule has 35 heavy (non-hydrogen) atoms. The van der Waals surface area contributed by atoms with Crippen LogP contribution in [0.5, 0.6) is 11.5 Å². The monoisotopic (exact) mass is 487 g/mol. The topological polar surface area (TPSA) is 123 Å². The molecule has 2 heterocycles. The van der Waals surface area contributed by atoms with Crippen LogP contribution in [0, 0.1) is 12.8 Å². The number of hydrogen-bond donors (Lipinski definition) is 2. The maximum atomic E-state index is 12.8. The number of Topliss-reactive ketones (excluding diaryl/α,β-unsaturated/α-hetero) is 1. The molecule has 1 aromatic rings. The van der Waals surface area contributed by atoms with Crippen molar-refractivity contribution in [2.45, 2.75) is 69.6 Å². The van der Waals surface area contributed by atoms with Gasteiger partial charge in [0.2, 0.25) is 0 Å². The van der Waals surface area contributed by atoms with E-state index >= 15 is 0 Å². The van der Waals surface area contributed by atoms with Crippen LogP contribution in [0.4, 0.5) is 0 Å². The van der Waals surface area contributed by atoms with Crippen molar-refractivity contribution in [3.8, 4) is 11.5 Å². The number of carboxylic acid groups (broad SMARTS) is 1. The van der Waals surface area contributed by atoms with Gasteiger partial charge in [-0.25, -0.2) is 0 Å². The summed E-state index contributed by atoms with van der Waals surface area (Å²) in [7, 11) is 3.52. The van der Waals surface area contributed by atoms with Crippen molar-refractivity contribution < 1.29 is 38.8 Å². The summed E-state index contributed by atoms with van der Waals surface area (Å²) < 4.78 is 17.7. The van der Waals surface area contributed by atoms with Gasteiger partial charge in [-0.15, -0.1) is 0 Å². The van der Waals surface area contributed by atoms with Crippen molar-refractivity contribution in [3.63, 3.8) is 0 Å². The van der Waals surface area contributed by atoms with Gasteiger partial charge in [0.25, 0.3) is 0 Å². The summed E-state index contributed by atoms with van der Waals surface area (Å²) in [6.07, 6.45) is 0.983. The standard InChI is InChI=1S/C26H33NO8/c1-14-6-7-18(33-5)22-21(14)25-10-11-27(4)16(3)26(25,32)9-8-19(23(25)35-22)34-20(29)13-17(24(30)31)12-15(2)28/h6-8,16-17,23,32H,9-13H2,1-5H3,(H,30,31)/t16-,17+,23+,25+,26-/m1/s1. The fraction of sp³-hybridized carbons (Fsp3) is 0.577. The molecule has 1 aliphatic carbocycles. The van der Waals surface area contributed by atoms with Crippen molar-refractivity contribution in [1.82, 2.24) is 4.90 Å². The predicted molar refractivity (Wildman–Crippen MR) is 125 cm³/mol. The zero-order valence-corrected chi connectivity index (χ0v) is 20.8. The fourth-order valence-electron chi connectivity index (χ4n) is 6.12. The fourth-order valence-corrected chi connectivity index (χ4v) is 6.12. The molecule has 0 aromatic heterocycles. The molecule has 0 saturated carbocycles. The summed E-state index contributed by atoms with van der Waals surface area (Å²) in [6.45, 7) is 5.93. The summed E-state index contributed by atoms with van der Waals surface area (Å²) in [5.41, 5.74) is -0.298. The molecule has 9 nitrogen and oxygen atoms in total. The van der Waals surface area contributed by atoms with E-state index < -0.39 is 41.4 Å². The number of fused-ring (bicyclic) bond motifs is 1. The third kappa shape index (κ3) is 3.81. The molecule has 1 aromatic carbocycles. The van der Waals surface area contributed by atoms with E-state index in [0.29, 0.717) is 24.5 Å². The van der Waals surface area contributed by atoms with Gasteiger partial charge in [0.1, 0.15) is 11.5 Å². The highest BCUT2D eigenvalue weighted by molar-refractivity contribution is 5.85. The number of nitrogens with zero attached hydrogens (tertiary/aromatic N) is 1.